The summed E-state index contributed by atoms with van der Waals surface area (Å²) in [7, 11) is 1.67. The lowest BCUT2D eigenvalue weighted by Gasteiger charge is -2.25. The van der Waals surface area contributed by atoms with Crippen molar-refractivity contribution in [2.24, 2.45) is 0 Å². The van der Waals surface area contributed by atoms with E-state index in [1.165, 1.54) is 28.1 Å². The molecule has 0 amide bonds. The first-order valence-electron chi connectivity index (χ1n) is 11.3. The van der Waals surface area contributed by atoms with E-state index < -0.39 is 0 Å². The van der Waals surface area contributed by atoms with Crippen molar-refractivity contribution in [2.75, 3.05) is 38.3 Å². The highest BCUT2D eigenvalue weighted by molar-refractivity contribution is 6.30. The number of nitrogens with one attached hydrogen (secondary N) is 3. The maximum absolute atomic E-state index is 5.73. The largest absolute Gasteiger partial charge is 0.380 e. The molecule has 2 aliphatic rings. The van der Waals surface area contributed by atoms with Crippen LogP contribution in [0.25, 0.3) is 11.1 Å². The van der Waals surface area contributed by atoms with Crippen molar-refractivity contribution in [3.63, 3.8) is 0 Å². The van der Waals surface area contributed by atoms with Crippen molar-refractivity contribution in [2.45, 2.75) is 13.2 Å². The first kappa shape index (κ1) is 23.2. The van der Waals surface area contributed by atoms with Gasteiger partial charge in [-0.15, -0.1) is 0 Å². The Kier molecular flexibility index (Phi) is 8.25. The van der Waals surface area contributed by atoms with Gasteiger partial charge in [-0.05, 0) is 46.5 Å². The van der Waals surface area contributed by atoms with Gasteiger partial charge in [0.25, 0.3) is 0 Å². The van der Waals surface area contributed by atoms with E-state index in [1.54, 1.807) is 7.11 Å². The minimum Gasteiger partial charge on any atom is -0.380 e. The number of halogens is 1. The van der Waals surface area contributed by atoms with Crippen molar-refractivity contribution < 1.29 is 4.74 Å². The minimum absolute atomic E-state index is 0.626. The molecule has 3 aromatic carbocycles. The molecule has 6 heteroatoms. The van der Waals surface area contributed by atoms with E-state index in [-0.39, 0.29) is 0 Å². The molecule has 0 fully saturated rings. The first-order valence-corrected chi connectivity index (χ1v) is 11.6. The molecule has 0 aromatic heterocycles. The number of ether oxygens (including phenoxy) is 1. The van der Waals surface area contributed by atoms with Crippen LogP contribution in [-0.2, 0) is 17.9 Å². The van der Waals surface area contributed by atoms with Gasteiger partial charge in [-0.3, -0.25) is 0 Å². The predicted octanol–water partition coefficient (Wildman–Crippen LogP) is 4.74. The molecule has 0 spiro atoms. The highest BCUT2D eigenvalue weighted by Gasteiger charge is 2.17. The van der Waals surface area contributed by atoms with E-state index in [9.17, 15) is 0 Å². The summed E-state index contributed by atoms with van der Waals surface area (Å²) < 4.78 is 4.92. The van der Waals surface area contributed by atoms with Crippen LogP contribution in [0.1, 0.15) is 11.1 Å². The van der Waals surface area contributed by atoms with Crippen LogP contribution in [0.15, 0.2) is 84.7 Å². The summed E-state index contributed by atoms with van der Waals surface area (Å²) in [5.41, 5.74) is 7.63. The summed E-state index contributed by atoms with van der Waals surface area (Å²) in [5, 5.41) is 10.9. The van der Waals surface area contributed by atoms with Gasteiger partial charge in [0, 0.05) is 49.4 Å². The van der Waals surface area contributed by atoms with Crippen LogP contribution >= 0.6 is 11.6 Å². The maximum Gasteiger partial charge on any atom is 0.0843 e. The van der Waals surface area contributed by atoms with Gasteiger partial charge in [0.2, 0.25) is 0 Å². The van der Waals surface area contributed by atoms with Gasteiger partial charge < -0.3 is 25.6 Å². The second-order valence-corrected chi connectivity index (χ2v) is 8.53. The fraction of sp³-hybridized carbons (Fsp3) is 0.259. The molecule has 3 N–H and O–H groups in total. The van der Waals surface area contributed by atoms with Crippen LogP contribution in [0.3, 0.4) is 0 Å². The van der Waals surface area contributed by atoms with Crippen molar-refractivity contribution >= 4 is 17.3 Å². The molecule has 5 nitrogen and oxygen atoms in total. The van der Waals surface area contributed by atoms with Crippen LogP contribution in [-0.4, -0.2) is 33.4 Å². The molecule has 3 aromatic rings. The van der Waals surface area contributed by atoms with Gasteiger partial charge in [-0.25, -0.2) is 0 Å². The lowest BCUT2D eigenvalue weighted by atomic mass is 10.0. The number of fused-ring (bicyclic) bond motifs is 1. The second kappa shape index (κ2) is 11.8. The van der Waals surface area contributed by atoms with E-state index in [4.69, 9.17) is 16.3 Å². The summed E-state index contributed by atoms with van der Waals surface area (Å²) in [6, 6.07) is 25.1. The molecule has 2 aliphatic heterocycles. The Morgan fingerprint density at radius 2 is 1.85 bits per heavy atom. The third-order valence-corrected chi connectivity index (χ3v) is 5.89. The highest BCUT2D eigenvalue weighted by atomic mass is 35.5. The fourth-order valence-corrected chi connectivity index (χ4v) is 4.27. The van der Waals surface area contributed by atoms with Crippen molar-refractivity contribution in [1.82, 2.24) is 16.0 Å². The molecule has 2 heterocycles. The quantitative estimate of drug-likeness (QED) is 0.511. The molecular weight excluding hydrogens is 432 g/mol. The average Bonchev–Trinajstić information content (AvgIpc) is 3.27. The number of rotatable bonds is 5. The Morgan fingerprint density at radius 1 is 0.970 bits per heavy atom. The highest BCUT2D eigenvalue weighted by Crippen LogP contribution is 2.29. The van der Waals surface area contributed by atoms with Crippen LogP contribution in [0.2, 0.25) is 5.02 Å². The number of nitrogens with zero attached hydrogens (tertiary/aromatic N) is 1. The van der Waals surface area contributed by atoms with Crippen LogP contribution in [0, 0.1) is 0 Å². The standard InChI is InChI=1S/C19H22N4.C8H9ClO/c1-2-4-15(5-3-1)16-6-7-19-17(10-16)11-20-8-9-23(19)13-18-12-21-14-22-18;1-10-6-7-3-2-4-8(9)5-7/h1-7,10,12,20-22H,8-9,11,13-14H2;2-5H,6H2,1H3. The van der Waals surface area contributed by atoms with Crippen molar-refractivity contribution in [3.05, 3.63) is 101 Å². The zero-order valence-corrected chi connectivity index (χ0v) is 19.7. The van der Waals surface area contributed by atoms with Crippen LogP contribution in [0.4, 0.5) is 5.69 Å². The Balaban J connectivity index is 0.000000219. The molecule has 0 bridgehead atoms. The first-order chi connectivity index (χ1) is 16.2. The molecule has 5 rings (SSSR count). The monoisotopic (exact) mass is 462 g/mol. The lowest BCUT2D eigenvalue weighted by molar-refractivity contribution is 0.185. The van der Waals surface area contributed by atoms with Crippen molar-refractivity contribution in [3.8, 4) is 11.1 Å². The normalized spacial score (nSPS) is 14.7. The molecular formula is C27H31ClN4O. The van der Waals surface area contributed by atoms with Gasteiger partial charge in [0.15, 0.2) is 0 Å². The topological polar surface area (TPSA) is 48.6 Å². The summed E-state index contributed by atoms with van der Waals surface area (Å²) in [5.74, 6) is 0. The molecule has 172 valence electrons. The van der Waals surface area contributed by atoms with E-state index in [1.807, 2.05) is 24.3 Å². The number of hydrogen-bond donors (Lipinski definition) is 3. The molecule has 0 atom stereocenters. The summed E-state index contributed by atoms with van der Waals surface area (Å²) in [6.45, 7) is 5.35. The summed E-state index contributed by atoms with van der Waals surface area (Å²) in [6.07, 6.45) is 2.08. The SMILES string of the molecule is C1=C(CN2CCNCc3cc(-c4ccccc4)ccc32)NCN1.COCc1cccc(Cl)c1. The number of methoxy groups -OCH3 is 1. The van der Waals surface area contributed by atoms with Gasteiger partial charge in [0.1, 0.15) is 0 Å². The van der Waals surface area contributed by atoms with E-state index >= 15 is 0 Å². The molecule has 0 unspecified atom stereocenters. The molecule has 0 aliphatic carbocycles. The summed E-state index contributed by atoms with van der Waals surface area (Å²) >= 11 is 5.73. The molecule has 0 saturated carbocycles. The van der Waals surface area contributed by atoms with Gasteiger partial charge in [-0.1, -0.05) is 60.1 Å². The Bertz CT molecular complexity index is 1070. The van der Waals surface area contributed by atoms with Gasteiger partial charge in [-0.2, -0.15) is 0 Å². The smallest absolute Gasteiger partial charge is 0.0843 e. The van der Waals surface area contributed by atoms with Crippen LogP contribution in [0.5, 0.6) is 0 Å². The van der Waals surface area contributed by atoms with E-state index in [2.05, 4.69) is 75.6 Å². The lowest BCUT2D eigenvalue weighted by Crippen LogP contribution is -2.32. The maximum atomic E-state index is 5.73. The zero-order valence-electron chi connectivity index (χ0n) is 19.0. The fourth-order valence-electron chi connectivity index (χ4n) is 4.06. The molecule has 0 saturated heterocycles. The molecule has 0 radical (unpaired) electrons. The van der Waals surface area contributed by atoms with Gasteiger partial charge >= 0.3 is 0 Å². The van der Waals surface area contributed by atoms with Crippen molar-refractivity contribution in [1.29, 1.82) is 0 Å². The number of anilines is 1. The molecule has 33 heavy (non-hydrogen) atoms. The Hall–Kier alpha value is -2.99. The average molecular weight is 463 g/mol. The third kappa shape index (κ3) is 6.51. The van der Waals surface area contributed by atoms with E-state index in [0.717, 1.165) is 43.4 Å². The Morgan fingerprint density at radius 3 is 2.61 bits per heavy atom. The second-order valence-electron chi connectivity index (χ2n) is 8.10. The summed E-state index contributed by atoms with van der Waals surface area (Å²) in [4.78, 5) is 2.45. The van der Waals surface area contributed by atoms with E-state index in [0.29, 0.717) is 6.61 Å². The van der Waals surface area contributed by atoms with Gasteiger partial charge in [0.05, 0.1) is 19.8 Å². The minimum atomic E-state index is 0.626. The number of hydrogen-bond acceptors (Lipinski definition) is 5. The third-order valence-electron chi connectivity index (χ3n) is 5.66. The predicted molar refractivity (Wildman–Crippen MR) is 137 cm³/mol. The zero-order chi connectivity index (χ0) is 22.9. The number of benzene rings is 3. The Labute approximate surface area is 201 Å². The van der Waals surface area contributed by atoms with Crippen LogP contribution < -0.4 is 20.9 Å².